The Morgan fingerprint density at radius 2 is 2.55 bits per heavy atom. The van der Waals surface area contributed by atoms with Gasteiger partial charge in [-0.05, 0) is 6.92 Å². The highest BCUT2D eigenvalue weighted by molar-refractivity contribution is 4.96. The molecule has 0 spiro atoms. The third-order valence-electron chi connectivity index (χ3n) is 1.21. The van der Waals surface area contributed by atoms with Crippen LogP contribution in [0.5, 0.6) is 0 Å². The van der Waals surface area contributed by atoms with Crippen molar-refractivity contribution in [2.24, 2.45) is 0 Å². The van der Waals surface area contributed by atoms with Gasteiger partial charge in [0.2, 0.25) is 6.29 Å². The van der Waals surface area contributed by atoms with E-state index < -0.39 is 6.29 Å². The largest absolute Gasteiger partial charge is 0.449 e. The van der Waals surface area contributed by atoms with Crippen LogP contribution in [0.3, 0.4) is 0 Å². The molecule has 0 aliphatic heterocycles. The van der Waals surface area contributed by atoms with Crippen molar-refractivity contribution in [3.63, 3.8) is 0 Å². The van der Waals surface area contributed by atoms with Crippen molar-refractivity contribution >= 4 is 0 Å². The molecule has 0 aliphatic carbocycles. The molecule has 0 fully saturated rings. The number of aliphatic hydroxyl groups excluding tert-OH is 1. The van der Waals surface area contributed by atoms with Gasteiger partial charge in [0.05, 0.1) is 0 Å². The molecule has 1 rings (SSSR count). The molecule has 0 radical (unpaired) electrons. The molecule has 1 aromatic heterocycles. The zero-order valence-corrected chi connectivity index (χ0v) is 6.57. The van der Waals surface area contributed by atoms with Crippen molar-refractivity contribution in [1.82, 2.24) is 4.98 Å². The van der Waals surface area contributed by atoms with Gasteiger partial charge in [0.15, 0.2) is 5.89 Å². The summed E-state index contributed by atoms with van der Waals surface area (Å²) in [6.45, 7) is 3.96. The van der Waals surface area contributed by atoms with Crippen LogP contribution < -0.4 is 0 Å². The minimum Gasteiger partial charge on any atom is -0.449 e. The van der Waals surface area contributed by atoms with Crippen LogP contribution in [0.2, 0.25) is 0 Å². The summed E-state index contributed by atoms with van der Waals surface area (Å²) in [5.41, 5.74) is 0.421. The SMILES string of the molecule is CCOC(O)c1coc(C)n1. The van der Waals surface area contributed by atoms with Crippen LogP contribution in [0.4, 0.5) is 0 Å². The Morgan fingerprint density at radius 3 is 3.00 bits per heavy atom. The predicted molar refractivity (Wildman–Crippen MR) is 37.8 cm³/mol. The van der Waals surface area contributed by atoms with E-state index in [1.54, 1.807) is 13.8 Å². The summed E-state index contributed by atoms with van der Waals surface area (Å²) in [5.74, 6) is 0.527. The van der Waals surface area contributed by atoms with Crippen LogP contribution in [0.15, 0.2) is 10.7 Å². The number of ether oxygens (including phenoxy) is 1. The standard InChI is InChI=1S/C7H11NO3/c1-3-10-7(9)6-4-11-5(2)8-6/h4,7,9H,3H2,1-2H3. The van der Waals surface area contributed by atoms with E-state index in [1.165, 1.54) is 6.26 Å². The maximum atomic E-state index is 9.19. The fraction of sp³-hybridized carbons (Fsp3) is 0.571. The molecule has 1 unspecified atom stereocenters. The molecule has 1 atom stereocenters. The lowest BCUT2D eigenvalue weighted by atomic mass is 10.5. The molecule has 1 aromatic rings. The second-order valence-corrected chi connectivity index (χ2v) is 2.10. The van der Waals surface area contributed by atoms with Gasteiger partial charge in [0.25, 0.3) is 0 Å². The van der Waals surface area contributed by atoms with E-state index in [4.69, 9.17) is 9.15 Å². The fourth-order valence-corrected chi connectivity index (χ4v) is 0.737. The topological polar surface area (TPSA) is 55.5 Å². The molecule has 0 bridgehead atoms. The quantitative estimate of drug-likeness (QED) is 0.665. The molecule has 0 saturated carbocycles. The lowest BCUT2D eigenvalue weighted by molar-refractivity contribution is -0.101. The van der Waals surface area contributed by atoms with E-state index in [1.807, 2.05) is 0 Å². The summed E-state index contributed by atoms with van der Waals surface area (Å²) >= 11 is 0. The Balaban J connectivity index is 2.60. The van der Waals surface area contributed by atoms with Crippen molar-refractivity contribution < 1.29 is 14.3 Å². The molecule has 11 heavy (non-hydrogen) atoms. The number of aromatic nitrogens is 1. The maximum absolute atomic E-state index is 9.19. The average Bonchev–Trinajstić information content (AvgIpc) is 2.36. The number of hydrogen-bond acceptors (Lipinski definition) is 4. The van der Waals surface area contributed by atoms with Crippen LogP contribution in [-0.4, -0.2) is 16.7 Å². The Labute approximate surface area is 64.8 Å². The monoisotopic (exact) mass is 157 g/mol. The zero-order chi connectivity index (χ0) is 8.27. The number of aryl methyl sites for hydroxylation is 1. The Hall–Kier alpha value is -0.870. The van der Waals surface area contributed by atoms with E-state index in [2.05, 4.69) is 4.98 Å². The molecule has 1 heterocycles. The van der Waals surface area contributed by atoms with E-state index >= 15 is 0 Å². The molecule has 0 aliphatic rings. The summed E-state index contributed by atoms with van der Waals surface area (Å²) in [6, 6.07) is 0. The number of hydrogen-bond donors (Lipinski definition) is 1. The maximum Gasteiger partial charge on any atom is 0.201 e. The second kappa shape index (κ2) is 3.50. The van der Waals surface area contributed by atoms with Crippen LogP contribution >= 0.6 is 0 Å². The summed E-state index contributed by atoms with van der Waals surface area (Å²) in [4.78, 5) is 3.89. The molecule has 4 heteroatoms. The summed E-state index contributed by atoms with van der Waals surface area (Å²) in [6.07, 6.45) is 0.424. The van der Waals surface area contributed by atoms with Crippen LogP contribution in [0.1, 0.15) is 24.8 Å². The second-order valence-electron chi connectivity index (χ2n) is 2.10. The highest BCUT2D eigenvalue weighted by Crippen LogP contribution is 2.12. The van der Waals surface area contributed by atoms with E-state index in [0.29, 0.717) is 18.2 Å². The summed E-state index contributed by atoms with van der Waals surface area (Å²) < 4.78 is 9.76. The van der Waals surface area contributed by atoms with E-state index in [0.717, 1.165) is 0 Å². The van der Waals surface area contributed by atoms with Gasteiger partial charge in [-0.2, -0.15) is 0 Å². The van der Waals surface area contributed by atoms with Gasteiger partial charge in [-0.3, -0.25) is 0 Å². The third kappa shape index (κ3) is 2.03. The third-order valence-corrected chi connectivity index (χ3v) is 1.21. The molecular formula is C7H11NO3. The van der Waals surface area contributed by atoms with Gasteiger partial charge < -0.3 is 14.3 Å². The van der Waals surface area contributed by atoms with Crippen molar-refractivity contribution in [1.29, 1.82) is 0 Å². The van der Waals surface area contributed by atoms with Crippen LogP contribution in [-0.2, 0) is 4.74 Å². The highest BCUT2D eigenvalue weighted by Gasteiger charge is 2.10. The summed E-state index contributed by atoms with van der Waals surface area (Å²) in [5, 5.41) is 9.19. The molecule has 0 saturated heterocycles. The van der Waals surface area contributed by atoms with Crippen LogP contribution in [0.25, 0.3) is 0 Å². The summed E-state index contributed by atoms with van der Waals surface area (Å²) in [7, 11) is 0. The Kier molecular flexibility index (Phi) is 2.62. The number of oxazole rings is 1. The van der Waals surface area contributed by atoms with Gasteiger partial charge in [-0.25, -0.2) is 4.98 Å². The van der Waals surface area contributed by atoms with Gasteiger partial charge in [0, 0.05) is 13.5 Å². The highest BCUT2D eigenvalue weighted by atomic mass is 16.6. The molecule has 0 amide bonds. The normalized spacial score (nSPS) is 13.4. The first-order valence-corrected chi connectivity index (χ1v) is 3.45. The molecular weight excluding hydrogens is 146 g/mol. The smallest absolute Gasteiger partial charge is 0.201 e. The van der Waals surface area contributed by atoms with Crippen molar-refractivity contribution in [3.8, 4) is 0 Å². The number of aliphatic hydroxyl groups is 1. The zero-order valence-electron chi connectivity index (χ0n) is 6.57. The van der Waals surface area contributed by atoms with Gasteiger partial charge in [-0.15, -0.1) is 0 Å². The van der Waals surface area contributed by atoms with Gasteiger partial charge >= 0.3 is 0 Å². The molecule has 1 N–H and O–H groups in total. The van der Waals surface area contributed by atoms with Crippen LogP contribution in [0, 0.1) is 6.92 Å². The molecule has 0 aromatic carbocycles. The minimum absolute atomic E-state index is 0.421. The molecule has 4 nitrogen and oxygen atoms in total. The first-order valence-electron chi connectivity index (χ1n) is 3.45. The first-order chi connectivity index (χ1) is 5.24. The van der Waals surface area contributed by atoms with Crippen molar-refractivity contribution in [3.05, 3.63) is 17.8 Å². The lowest BCUT2D eigenvalue weighted by Gasteiger charge is -2.04. The molecule has 62 valence electrons. The van der Waals surface area contributed by atoms with Gasteiger partial charge in [0.1, 0.15) is 12.0 Å². The first kappa shape index (κ1) is 8.23. The predicted octanol–water partition coefficient (Wildman–Crippen LogP) is 1.01. The number of rotatable bonds is 3. The van der Waals surface area contributed by atoms with Crippen molar-refractivity contribution in [2.75, 3.05) is 6.61 Å². The number of nitrogens with zero attached hydrogens (tertiary/aromatic N) is 1. The average molecular weight is 157 g/mol. The minimum atomic E-state index is -0.961. The fourth-order valence-electron chi connectivity index (χ4n) is 0.737. The van der Waals surface area contributed by atoms with Crippen molar-refractivity contribution in [2.45, 2.75) is 20.1 Å². The van der Waals surface area contributed by atoms with E-state index in [-0.39, 0.29) is 0 Å². The Bertz CT molecular complexity index is 221. The van der Waals surface area contributed by atoms with Gasteiger partial charge in [-0.1, -0.05) is 0 Å². The Morgan fingerprint density at radius 1 is 1.82 bits per heavy atom. The van der Waals surface area contributed by atoms with E-state index in [9.17, 15) is 5.11 Å². The lowest BCUT2D eigenvalue weighted by Crippen LogP contribution is -2.02.